The molecule has 6 nitrogen and oxygen atoms in total. The first-order valence-corrected chi connectivity index (χ1v) is 6.11. The van der Waals surface area contributed by atoms with E-state index in [1.165, 1.54) is 6.07 Å². The normalized spacial score (nSPS) is 10.2. The van der Waals surface area contributed by atoms with E-state index in [-0.39, 0.29) is 24.7 Å². The van der Waals surface area contributed by atoms with Gasteiger partial charge < -0.3 is 9.84 Å². The van der Waals surface area contributed by atoms with Gasteiger partial charge in [0.25, 0.3) is 5.69 Å². The van der Waals surface area contributed by atoms with Gasteiger partial charge in [-0.1, -0.05) is 12.1 Å². The van der Waals surface area contributed by atoms with E-state index in [1.807, 2.05) is 0 Å². The maximum atomic E-state index is 11.2. The van der Waals surface area contributed by atoms with Crippen LogP contribution < -0.4 is 0 Å². The lowest BCUT2D eigenvalue weighted by molar-refractivity contribution is -0.385. The van der Waals surface area contributed by atoms with Crippen LogP contribution in [0.4, 0.5) is 5.69 Å². The first-order chi connectivity index (χ1) is 9.08. The molecule has 0 unspecified atom stereocenters. The van der Waals surface area contributed by atoms with Gasteiger partial charge in [0.1, 0.15) is 0 Å². The lowest BCUT2D eigenvalue weighted by atomic mass is 10.0. The summed E-state index contributed by atoms with van der Waals surface area (Å²) in [5, 5.41) is 19.9. The molecule has 0 amide bonds. The number of hydrogen-bond acceptors (Lipinski definition) is 5. The number of carbonyl (C=O) groups excluding carboxylic acids is 1. The van der Waals surface area contributed by atoms with Crippen molar-refractivity contribution in [3.8, 4) is 0 Å². The second kappa shape index (κ2) is 7.48. The van der Waals surface area contributed by atoms with Gasteiger partial charge in [0.2, 0.25) is 0 Å². The van der Waals surface area contributed by atoms with Crippen molar-refractivity contribution in [3.63, 3.8) is 0 Å². The number of nitrogens with zero attached hydrogens (tertiary/aromatic N) is 1. The Morgan fingerprint density at radius 2 is 2.21 bits per heavy atom. The quantitative estimate of drug-likeness (QED) is 0.463. The topological polar surface area (TPSA) is 89.7 Å². The minimum absolute atomic E-state index is 0.0181. The number of aliphatic hydroxyl groups is 1. The largest absolute Gasteiger partial charge is 0.466 e. The summed E-state index contributed by atoms with van der Waals surface area (Å²) in [6.45, 7) is 1.84. The van der Waals surface area contributed by atoms with Gasteiger partial charge in [0, 0.05) is 18.1 Å². The van der Waals surface area contributed by atoms with Gasteiger partial charge in [0.05, 0.1) is 18.1 Å². The van der Waals surface area contributed by atoms with Crippen LogP contribution in [-0.2, 0) is 22.6 Å². The summed E-state index contributed by atoms with van der Waals surface area (Å²) in [5.74, 6) is -0.294. The predicted octanol–water partition coefficient (Wildman–Crippen LogP) is 1.97. The molecular weight excluding hydrogens is 250 g/mol. The number of aliphatic hydroxyl groups excluding tert-OH is 1. The van der Waals surface area contributed by atoms with Crippen molar-refractivity contribution in [2.45, 2.75) is 32.8 Å². The molecule has 0 aliphatic heterocycles. The van der Waals surface area contributed by atoms with E-state index in [4.69, 9.17) is 9.84 Å². The molecule has 0 spiro atoms. The Bertz CT molecular complexity index is 458. The summed E-state index contributed by atoms with van der Waals surface area (Å²) in [4.78, 5) is 21.6. The van der Waals surface area contributed by atoms with Crippen LogP contribution in [0.15, 0.2) is 18.2 Å². The summed E-state index contributed by atoms with van der Waals surface area (Å²) < 4.78 is 4.79. The first kappa shape index (κ1) is 15.1. The summed E-state index contributed by atoms with van der Waals surface area (Å²) in [5.41, 5.74) is 1.04. The van der Waals surface area contributed by atoms with Crippen LogP contribution in [-0.4, -0.2) is 22.6 Å². The fourth-order valence-corrected chi connectivity index (χ4v) is 1.75. The van der Waals surface area contributed by atoms with Crippen molar-refractivity contribution in [1.82, 2.24) is 0 Å². The minimum atomic E-state index is -0.473. The summed E-state index contributed by atoms with van der Waals surface area (Å²) in [6.07, 6.45) is 1.17. The molecule has 19 heavy (non-hydrogen) atoms. The van der Waals surface area contributed by atoms with Crippen LogP contribution in [0.25, 0.3) is 0 Å². The zero-order chi connectivity index (χ0) is 14.3. The number of aryl methyl sites for hydroxylation is 1. The number of nitro groups is 1. The van der Waals surface area contributed by atoms with Crippen molar-refractivity contribution >= 4 is 11.7 Å². The molecule has 0 atom stereocenters. The van der Waals surface area contributed by atoms with E-state index in [2.05, 4.69) is 0 Å². The van der Waals surface area contributed by atoms with Crippen LogP contribution in [0, 0.1) is 10.1 Å². The molecular formula is C13H17NO5. The summed E-state index contributed by atoms with van der Waals surface area (Å²) >= 11 is 0. The molecule has 1 aromatic carbocycles. The standard InChI is InChI=1S/C13H17NO5/c1-2-19-13(16)5-3-4-11-7-6-10(9-15)8-12(11)14(17)18/h6-8,15H,2-5,9H2,1H3. The summed E-state index contributed by atoms with van der Waals surface area (Å²) in [7, 11) is 0. The smallest absolute Gasteiger partial charge is 0.305 e. The molecule has 1 rings (SSSR count). The SMILES string of the molecule is CCOC(=O)CCCc1ccc(CO)cc1[N+](=O)[O-]. The maximum Gasteiger partial charge on any atom is 0.305 e. The molecule has 1 N–H and O–H groups in total. The fourth-order valence-electron chi connectivity index (χ4n) is 1.75. The average Bonchev–Trinajstić information content (AvgIpc) is 2.39. The van der Waals surface area contributed by atoms with Gasteiger partial charge >= 0.3 is 5.97 Å². The third-order valence-corrected chi connectivity index (χ3v) is 2.66. The third kappa shape index (κ3) is 4.67. The van der Waals surface area contributed by atoms with Crippen LogP contribution in [0.1, 0.15) is 30.9 Å². The van der Waals surface area contributed by atoms with Crippen molar-refractivity contribution in [1.29, 1.82) is 0 Å². The van der Waals surface area contributed by atoms with E-state index < -0.39 is 4.92 Å². The Hall–Kier alpha value is -1.95. The summed E-state index contributed by atoms with van der Waals surface area (Å²) in [6, 6.07) is 4.63. The third-order valence-electron chi connectivity index (χ3n) is 2.66. The van der Waals surface area contributed by atoms with E-state index >= 15 is 0 Å². The van der Waals surface area contributed by atoms with Crippen LogP contribution >= 0.6 is 0 Å². The zero-order valence-corrected chi connectivity index (χ0v) is 10.8. The monoisotopic (exact) mass is 267 g/mol. The molecule has 0 saturated heterocycles. The maximum absolute atomic E-state index is 11.2. The fraction of sp³-hybridized carbons (Fsp3) is 0.462. The minimum Gasteiger partial charge on any atom is -0.466 e. The number of benzene rings is 1. The van der Waals surface area contributed by atoms with Crippen LogP contribution in [0.5, 0.6) is 0 Å². The lowest BCUT2D eigenvalue weighted by Crippen LogP contribution is -2.05. The van der Waals surface area contributed by atoms with Gasteiger partial charge in [0.15, 0.2) is 0 Å². The number of nitro benzene ring substituents is 1. The molecule has 0 heterocycles. The molecule has 0 aliphatic rings. The van der Waals surface area contributed by atoms with Crippen molar-refractivity contribution in [2.75, 3.05) is 6.61 Å². The zero-order valence-electron chi connectivity index (χ0n) is 10.8. The van der Waals surface area contributed by atoms with Gasteiger partial charge in [-0.15, -0.1) is 0 Å². The van der Waals surface area contributed by atoms with E-state index in [0.29, 0.717) is 30.6 Å². The molecule has 6 heteroatoms. The molecule has 0 saturated carbocycles. The van der Waals surface area contributed by atoms with Crippen molar-refractivity contribution in [3.05, 3.63) is 39.4 Å². The number of rotatable bonds is 7. The predicted molar refractivity (Wildman–Crippen MR) is 68.6 cm³/mol. The number of carbonyl (C=O) groups is 1. The Morgan fingerprint density at radius 3 is 2.79 bits per heavy atom. The van der Waals surface area contributed by atoms with Crippen molar-refractivity contribution < 1.29 is 19.6 Å². The second-order valence-electron chi connectivity index (χ2n) is 4.04. The molecule has 0 fully saturated rings. The Kier molecular flexibility index (Phi) is 5.95. The van der Waals surface area contributed by atoms with Gasteiger partial charge in [-0.3, -0.25) is 14.9 Å². The number of ether oxygens (including phenoxy) is 1. The van der Waals surface area contributed by atoms with Crippen LogP contribution in [0.2, 0.25) is 0 Å². The van der Waals surface area contributed by atoms with Gasteiger partial charge in [-0.25, -0.2) is 0 Å². The number of hydrogen-bond donors (Lipinski definition) is 1. The molecule has 104 valence electrons. The lowest BCUT2D eigenvalue weighted by Gasteiger charge is -2.05. The van der Waals surface area contributed by atoms with Crippen LogP contribution in [0.3, 0.4) is 0 Å². The molecule has 0 aromatic heterocycles. The average molecular weight is 267 g/mol. The highest BCUT2D eigenvalue weighted by Gasteiger charge is 2.14. The Morgan fingerprint density at radius 1 is 1.47 bits per heavy atom. The molecule has 0 radical (unpaired) electrons. The van der Waals surface area contributed by atoms with Gasteiger partial charge in [-0.2, -0.15) is 0 Å². The number of esters is 1. The van der Waals surface area contributed by atoms with E-state index in [1.54, 1.807) is 19.1 Å². The molecule has 1 aromatic rings. The highest BCUT2D eigenvalue weighted by atomic mass is 16.6. The molecule has 0 aliphatic carbocycles. The Balaban J connectivity index is 2.67. The van der Waals surface area contributed by atoms with Crippen molar-refractivity contribution in [2.24, 2.45) is 0 Å². The van der Waals surface area contributed by atoms with E-state index in [0.717, 1.165) is 0 Å². The first-order valence-electron chi connectivity index (χ1n) is 6.11. The highest BCUT2D eigenvalue weighted by molar-refractivity contribution is 5.69. The Labute approximate surface area is 111 Å². The molecule has 0 bridgehead atoms. The van der Waals surface area contributed by atoms with Gasteiger partial charge in [-0.05, 0) is 25.3 Å². The second-order valence-corrected chi connectivity index (χ2v) is 4.04. The van der Waals surface area contributed by atoms with E-state index in [9.17, 15) is 14.9 Å². The highest BCUT2D eigenvalue weighted by Crippen LogP contribution is 2.22.